The van der Waals surface area contributed by atoms with Crippen LogP contribution in [-0.4, -0.2) is 38.6 Å². The largest absolute Gasteiger partial charge is 0.492 e. The van der Waals surface area contributed by atoms with Gasteiger partial charge in [0, 0.05) is 12.2 Å². The Kier molecular flexibility index (Phi) is 10.8. The summed E-state index contributed by atoms with van der Waals surface area (Å²) in [4.78, 5) is 12.2. The van der Waals surface area contributed by atoms with Gasteiger partial charge in [-0.1, -0.05) is 67.6 Å². The summed E-state index contributed by atoms with van der Waals surface area (Å²) in [6, 6.07) is 28.5. The van der Waals surface area contributed by atoms with Gasteiger partial charge in [0.2, 0.25) is 6.41 Å². The molecule has 1 N–H and O–H groups in total. The first-order valence-corrected chi connectivity index (χ1v) is 10.9. The van der Waals surface area contributed by atoms with Crippen LogP contribution in [0.1, 0.15) is 31.4 Å². The molecule has 3 aromatic carbocycles. The second-order valence-corrected chi connectivity index (χ2v) is 7.63. The van der Waals surface area contributed by atoms with Crippen LogP contribution in [0.15, 0.2) is 84.9 Å². The number of hydrogen-bond donors (Lipinski definition) is 1. The molecular weight excluding hydrogens is 396 g/mol. The summed E-state index contributed by atoms with van der Waals surface area (Å²) in [7, 11) is 4.00. The highest BCUT2D eigenvalue weighted by atomic mass is 16.5. The maximum atomic E-state index is 10.2. The van der Waals surface area contributed by atoms with Crippen LogP contribution in [0.25, 0.3) is 11.1 Å². The second-order valence-electron chi connectivity index (χ2n) is 7.63. The molecular formula is C28H34N2O2. The molecule has 0 bridgehead atoms. The Labute approximate surface area is 192 Å². The quantitative estimate of drug-likeness (QED) is 0.323. The van der Waals surface area contributed by atoms with Crippen molar-refractivity contribution in [2.45, 2.75) is 20.3 Å². The zero-order valence-electron chi connectivity index (χ0n) is 19.5. The highest BCUT2D eigenvalue weighted by molar-refractivity contribution is 5.89. The van der Waals surface area contributed by atoms with Crippen molar-refractivity contribution < 1.29 is 9.53 Å². The lowest BCUT2D eigenvalue weighted by molar-refractivity contribution is -0.105. The van der Waals surface area contributed by atoms with Gasteiger partial charge in [0.05, 0.1) is 0 Å². The molecule has 32 heavy (non-hydrogen) atoms. The predicted molar refractivity (Wildman–Crippen MR) is 136 cm³/mol. The molecule has 0 unspecified atom stereocenters. The van der Waals surface area contributed by atoms with Crippen LogP contribution in [0.2, 0.25) is 0 Å². The molecule has 0 saturated heterocycles. The van der Waals surface area contributed by atoms with Gasteiger partial charge >= 0.3 is 0 Å². The molecule has 0 atom stereocenters. The molecule has 3 rings (SSSR count). The SMILES string of the molecule is CC/C(=C(\C)c1ccccc1)c1ccccc1.CN(C)CCOc1ccc(NC=O)cc1. The van der Waals surface area contributed by atoms with Crippen molar-refractivity contribution in [2.75, 3.05) is 32.6 Å². The van der Waals surface area contributed by atoms with Crippen LogP contribution in [-0.2, 0) is 4.79 Å². The van der Waals surface area contributed by atoms with Gasteiger partial charge in [0.25, 0.3) is 0 Å². The van der Waals surface area contributed by atoms with E-state index < -0.39 is 0 Å². The van der Waals surface area contributed by atoms with E-state index in [1.54, 1.807) is 12.1 Å². The van der Waals surface area contributed by atoms with E-state index in [4.69, 9.17) is 4.74 Å². The lowest BCUT2D eigenvalue weighted by Gasteiger charge is -2.11. The van der Waals surface area contributed by atoms with Crippen LogP contribution in [0, 0.1) is 0 Å². The molecule has 0 spiro atoms. The topological polar surface area (TPSA) is 41.6 Å². The lowest BCUT2D eigenvalue weighted by Crippen LogP contribution is -2.19. The molecule has 0 heterocycles. The Morgan fingerprint density at radius 1 is 0.875 bits per heavy atom. The number of hydrogen-bond acceptors (Lipinski definition) is 3. The van der Waals surface area contributed by atoms with Crippen molar-refractivity contribution in [3.8, 4) is 5.75 Å². The molecule has 3 aromatic rings. The average molecular weight is 431 g/mol. The number of ether oxygens (including phenoxy) is 1. The maximum Gasteiger partial charge on any atom is 0.211 e. The lowest BCUT2D eigenvalue weighted by atomic mass is 9.94. The molecule has 0 aliphatic heterocycles. The molecule has 0 fully saturated rings. The van der Waals surface area contributed by atoms with Gasteiger partial charge in [-0.3, -0.25) is 4.79 Å². The van der Waals surface area contributed by atoms with Crippen LogP contribution in [0.5, 0.6) is 5.75 Å². The summed E-state index contributed by atoms with van der Waals surface area (Å²) in [5.74, 6) is 0.813. The van der Waals surface area contributed by atoms with Crippen molar-refractivity contribution in [3.63, 3.8) is 0 Å². The third-order valence-corrected chi connectivity index (χ3v) is 5.02. The number of amides is 1. The van der Waals surface area contributed by atoms with Crippen molar-refractivity contribution in [1.29, 1.82) is 0 Å². The van der Waals surface area contributed by atoms with E-state index in [0.29, 0.717) is 13.0 Å². The summed E-state index contributed by atoms with van der Waals surface area (Å²) in [5.41, 5.74) is 6.21. The zero-order valence-corrected chi connectivity index (χ0v) is 19.5. The maximum absolute atomic E-state index is 10.2. The van der Waals surface area contributed by atoms with Crippen LogP contribution >= 0.6 is 0 Å². The number of likely N-dealkylation sites (N-methyl/N-ethyl adjacent to an activating group) is 1. The average Bonchev–Trinajstić information content (AvgIpc) is 2.82. The number of allylic oxidation sites excluding steroid dienone is 2. The highest BCUT2D eigenvalue weighted by Gasteiger charge is 2.05. The molecule has 0 aliphatic carbocycles. The fraction of sp³-hybridized carbons (Fsp3) is 0.250. The van der Waals surface area contributed by atoms with E-state index in [-0.39, 0.29) is 0 Å². The van der Waals surface area contributed by atoms with Gasteiger partial charge < -0.3 is 15.0 Å². The smallest absolute Gasteiger partial charge is 0.211 e. The van der Waals surface area contributed by atoms with Gasteiger partial charge in [-0.2, -0.15) is 0 Å². The van der Waals surface area contributed by atoms with Gasteiger partial charge in [-0.15, -0.1) is 0 Å². The minimum Gasteiger partial charge on any atom is -0.492 e. The summed E-state index contributed by atoms with van der Waals surface area (Å²) in [6.45, 7) is 5.97. The Bertz CT molecular complexity index is 950. The number of carbonyl (C=O) groups excluding carboxylic acids is 1. The third-order valence-electron chi connectivity index (χ3n) is 5.02. The van der Waals surface area contributed by atoms with Crippen LogP contribution in [0.4, 0.5) is 5.69 Å². The monoisotopic (exact) mass is 430 g/mol. The number of nitrogens with one attached hydrogen (secondary N) is 1. The highest BCUT2D eigenvalue weighted by Crippen LogP contribution is 2.28. The van der Waals surface area contributed by atoms with E-state index in [1.165, 1.54) is 22.3 Å². The summed E-state index contributed by atoms with van der Waals surface area (Å²) in [6.07, 6.45) is 1.71. The van der Waals surface area contributed by atoms with Gasteiger partial charge in [0.1, 0.15) is 12.4 Å². The molecule has 0 saturated carbocycles. The van der Waals surface area contributed by atoms with Crippen molar-refractivity contribution >= 4 is 23.2 Å². The third kappa shape index (κ3) is 8.40. The Morgan fingerprint density at radius 3 is 1.94 bits per heavy atom. The van der Waals surface area contributed by atoms with Crippen molar-refractivity contribution in [2.24, 2.45) is 0 Å². The molecule has 1 amide bonds. The van der Waals surface area contributed by atoms with Crippen LogP contribution < -0.4 is 10.1 Å². The van der Waals surface area contributed by atoms with Crippen molar-refractivity contribution in [3.05, 3.63) is 96.1 Å². The zero-order chi connectivity index (χ0) is 23.2. The first-order chi connectivity index (χ1) is 15.5. The molecule has 0 radical (unpaired) electrons. The van der Waals surface area contributed by atoms with Gasteiger partial charge in [-0.25, -0.2) is 0 Å². The number of carbonyl (C=O) groups is 1. The Hall–Kier alpha value is -3.37. The van der Waals surface area contributed by atoms with E-state index in [0.717, 1.165) is 24.4 Å². The minimum atomic E-state index is 0.655. The van der Waals surface area contributed by atoms with E-state index >= 15 is 0 Å². The molecule has 168 valence electrons. The Morgan fingerprint density at radius 2 is 1.44 bits per heavy atom. The fourth-order valence-corrected chi connectivity index (χ4v) is 3.25. The normalized spacial score (nSPS) is 11.2. The Balaban J connectivity index is 0.000000229. The molecule has 0 aromatic heterocycles. The van der Waals surface area contributed by atoms with Gasteiger partial charge in [0.15, 0.2) is 0 Å². The van der Waals surface area contributed by atoms with Crippen molar-refractivity contribution in [1.82, 2.24) is 4.90 Å². The van der Waals surface area contributed by atoms with Gasteiger partial charge in [-0.05, 0) is 74.0 Å². The number of nitrogens with zero attached hydrogens (tertiary/aromatic N) is 1. The summed E-state index contributed by atoms with van der Waals surface area (Å²) < 4.78 is 5.49. The van der Waals surface area contributed by atoms with Crippen LogP contribution in [0.3, 0.4) is 0 Å². The standard InChI is InChI=1S/C17H18.C11H16N2O2/c1-3-17(16-12-8-5-9-13-16)14(2)15-10-6-4-7-11-15;1-13(2)7-8-15-11-5-3-10(4-6-11)12-9-14/h4-13H,3H2,1-2H3;3-6,9H,7-8H2,1-2H3,(H,12,14)/b17-14-;. The summed E-state index contributed by atoms with van der Waals surface area (Å²) in [5, 5.41) is 2.56. The number of rotatable bonds is 9. The first-order valence-electron chi connectivity index (χ1n) is 10.9. The fourth-order valence-electron chi connectivity index (χ4n) is 3.25. The first kappa shape index (κ1) is 24.9. The summed E-state index contributed by atoms with van der Waals surface area (Å²) >= 11 is 0. The molecule has 0 aliphatic rings. The predicted octanol–water partition coefficient (Wildman–Crippen LogP) is 6.22. The minimum absolute atomic E-state index is 0.655. The number of anilines is 1. The number of benzene rings is 3. The van der Waals surface area contributed by atoms with E-state index in [1.807, 2.05) is 26.2 Å². The molecule has 4 nitrogen and oxygen atoms in total. The molecule has 4 heteroatoms. The van der Waals surface area contributed by atoms with E-state index in [2.05, 4.69) is 84.7 Å². The van der Waals surface area contributed by atoms with E-state index in [9.17, 15) is 4.79 Å². The second kappa shape index (κ2) is 13.8.